The lowest BCUT2D eigenvalue weighted by atomic mass is 9.96. The third kappa shape index (κ3) is 6.71. The number of carboxylic acid groups (broad SMARTS) is 1. The molecule has 2 amide bonds. The quantitative estimate of drug-likeness (QED) is 0.314. The fraction of sp³-hybridized carbons (Fsp3) is 0.414. The molecule has 210 valence electrons. The van der Waals surface area contributed by atoms with Crippen molar-refractivity contribution in [1.82, 2.24) is 30.5 Å². The zero-order valence-corrected chi connectivity index (χ0v) is 22.1. The van der Waals surface area contributed by atoms with Gasteiger partial charge in [0, 0.05) is 30.6 Å². The monoisotopic (exact) mass is 548 g/mol. The molecule has 2 aromatic carbocycles. The molecule has 2 heterocycles. The van der Waals surface area contributed by atoms with E-state index in [-0.39, 0.29) is 17.6 Å². The summed E-state index contributed by atoms with van der Waals surface area (Å²) in [5.74, 6) is -1.71. The maximum Gasteiger partial charge on any atom is 0.306 e. The highest BCUT2D eigenvalue weighted by atomic mass is 19.1. The molecule has 1 saturated carbocycles. The van der Waals surface area contributed by atoms with Crippen LogP contribution in [0.3, 0.4) is 0 Å². The van der Waals surface area contributed by atoms with E-state index in [2.05, 4.69) is 20.9 Å². The number of hydrogen-bond acceptors (Lipinski definition) is 6. The number of amides is 2. The van der Waals surface area contributed by atoms with Gasteiger partial charge in [-0.3, -0.25) is 14.4 Å². The Hall–Kier alpha value is -4.12. The first-order valence-corrected chi connectivity index (χ1v) is 13.7. The number of benzene rings is 2. The SMILES string of the molecule is O=C(N[C@@H](CCCN[C@@H]1C[C@H]1c1ccc(F)cc1)C(=O)N1CCC(C(=O)O)CC1)c1ccc(-n2ccnn2)cc1. The number of piperidine rings is 1. The Morgan fingerprint density at radius 3 is 2.42 bits per heavy atom. The summed E-state index contributed by atoms with van der Waals surface area (Å²) in [6.07, 6.45) is 6.17. The molecule has 0 unspecified atom stereocenters. The normalized spacial score (nSPS) is 19.7. The topological polar surface area (TPSA) is 129 Å². The number of likely N-dealkylation sites (tertiary alicyclic amines) is 1. The molecule has 3 aromatic rings. The number of nitrogens with one attached hydrogen (secondary N) is 2. The molecule has 2 aliphatic rings. The van der Waals surface area contributed by atoms with E-state index in [1.54, 1.807) is 46.2 Å². The predicted molar refractivity (Wildman–Crippen MR) is 144 cm³/mol. The molecule has 5 rings (SSSR count). The minimum atomic E-state index is -0.837. The Morgan fingerprint density at radius 1 is 1.05 bits per heavy atom. The van der Waals surface area contributed by atoms with E-state index in [1.807, 2.05) is 12.1 Å². The molecular weight excluding hydrogens is 515 g/mol. The van der Waals surface area contributed by atoms with Gasteiger partial charge >= 0.3 is 5.97 Å². The van der Waals surface area contributed by atoms with Gasteiger partial charge in [0.15, 0.2) is 0 Å². The summed E-state index contributed by atoms with van der Waals surface area (Å²) in [5, 5.41) is 23.5. The number of carboxylic acids is 1. The van der Waals surface area contributed by atoms with Gasteiger partial charge < -0.3 is 20.6 Å². The number of rotatable bonds is 11. The fourth-order valence-electron chi connectivity index (χ4n) is 5.27. The average Bonchev–Trinajstić information content (AvgIpc) is 3.53. The van der Waals surface area contributed by atoms with Gasteiger partial charge in [-0.1, -0.05) is 17.3 Å². The first-order valence-electron chi connectivity index (χ1n) is 13.7. The molecule has 1 saturated heterocycles. The zero-order valence-electron chi connectivity index (χ0n) is 22.1. The molecule has 0 radical (unpaired) electrons. The molecule has 1 aromatic heterocycles. The summed E-state index contributed by atoms with van der Waals surface area (Å²) in [6.45, 7) is 1.39. The highest BCUT2D eigenvalue weighted by Gasteiger charge is 2.38. The molecule has 3 atom stereocenters. The van der Waals surface area contributed by atoms with Crippen molar-refractivity contribution in [2.75, 3.05) is 19.6 Å². The van der Waals surface area contributed by atoms with Crippen LogP contribution in [0.5, 0.6) is 0 Å². The van der Waals surface area contributed by atoms with Gasteiger partial charge in [-0.25, -0.2) is 9.07 Å². The van der Waals surface area contributed by atoms with E-state index >= 15 is 0 Å². The lowest BCUT2D eigenvalue weighted by molar-refractivity contribution is -0.146. The minimum Gasteiger partial charge on any atom is -0.481 e. The Labute approximate surface area is 231 Å². The van der Waals surface area contributed by atoms with Crippen molar-refractivity contribution in [2.45, 2.75) is 50.1 Å². The second-order valence-corrected chi connectivity index (χ2v) is 10.5. The summed E-state index contributed by atoms with van der Waals surface area (Å²) < 4.78 is 14.8. The van der Waals surface area contributed by atoms with Crippen LogP contribution in [0.15, 0.2) is 60.9 Å². The van der Waals surface area contributed by atoms with Crippen LogP contribution in [0, 0.1) is 11.7 Å². The van der Waals surface area contributed by atoms with E-state index in [4.69, 9.17) is 0 Å². The van der Waals surface area contributed by atoms with Gasteiger partial charge in [-0.05, 0) is 80.6 Å². The van der Waals surface area contributed by atoms with Crippen LogP contribution in [0.25, 0.3) is 5.69 Å². The summed E-state index contributed by atoms with van der Waals surface area (Å²) >= 11 is 0. The molecule has 0 spiro atoms. The van der Waals surface area contributed by atoms with Crippen molar-refractivity contribution in [2.24, 2.45) is 5.92 Å². The fourth-order valence-corrected chi connectivity index (χ4v) is 5.27. The van der Waals surface area contributed by atoms with Crippen molar-refractivity contribution in [3.8, 4) is 5.69 Å². The third-order valence-electron chi connectivity index (χ3n) is 7.74. The Kier molecular flexibility index (Phi) is 8.49. The first kappa shape index (κ1) is 27.4. The van der Waals surface area contributed by atoms with Gasteiger partial charge in [0.25, 0.3) is 5.91 Å². The van der Waals surface area contributed by atoms with Crippen molar-refractivity contribution in [3.05, 3.63) is 77.9 Å². The Morgan fingerprint density at radius 2 is 1.77 bits per heavy atom. The molecule has 40 heavy (non-hydrogen) atoms. The van der Waals surface area contributed by atoms with E-state index in [0.29, 0.717) is 62.8 Å². The smallest absolute Gasteiger partial charge is 0.306 e. The highest BCUT2D eigenvalue weighted by Crippen LogP contribution is 2.40. The summed E-state index contributed by atoms with van der Waals surface area (Å²) in [5.41, 5.74) is 2.29. The maximum atomic E-state index is 13.5. The molecular formula is C29H33FN6O4. The van der Waals surface area contributed by atoms with Gasteiger partial charge in [-0.15, -0.1) is 5.10 Å². The Balaban J connectivity index is 1.17. The number of carbonyl (C=O) groups excluding carboxylic acids is 2. The number of hydrogen-bond donors (Lipinski definition) is 3. The lowest BCUT2D eigenvalue weighted by Gasteiger charge is -2.33. The Bertz CT molecular complexity index is 1310. The lowest BCUT2D eigenvalue weighted by Crippen LogP contribution is -2.51. The number of aliphatic carboxylic acids is 1. The van der Waals surface area contributed by atoms with E-state index in [1.165, 1.54) is 12.1 Å². The third-order valence-corrected chi connectivity index (χ3v) is 7.74. The van der Waals surface area contributed by atoms with Crippen LogP contribution < -0.4 is 10.6 Å². The standard InChI is InChI=1S/C29H33FN6O4/c30-22-7-3-19(4-8-22)24-18-26(24)31-13-1-2-25(28(38)35-15-11-21(12-16-35)29(39)40)33-27(37)20-5-9-23(10-6-20)36-17-14-32-34-36/h3-10,14,17,21,24-26,31H,1-2,11-13,15-16,18H2,(H,33,37)(H,39,40)/t24-,25-,26+/m0/s1. The van der Waals surface area contributed by atoms with Gasteiger partial charge in [0.2, 0.25) is 5.91 Å². The van der Waals surface area contributed by atoms with E-state index < -0.39 is 17.9 Å². The highest BCUT2D eigenvalue weighted by molar-refractivity contribution is 5.97. The van der Waals surface area contributed by atoms with Crippen LogP contribution in [0.4, 0.5) is 4.39 Å². The van der Waals surface area contributed by atoms with Crippen molar-refractivity contribution in [3.63, 3.8) is 0 Å². The van der Waals surface area contributed by atoms with Crippen LogP contribution in [-0.2, 0) is 9.59 Å². The van der Waals surface area contributed by atoms with E-state index in [9.17, 15) is 23.9 Å². The number of aromatic nitrogens is 3. The summed E-state index contributed by atoms with van der Waals surface area (Å²) in [4.78, 5) is 39.6. The van der Waals surface area contributed by atoms with Crippen LogP contribution in [-0.4, -0.2) is 74.5 Å². The molecule has 3 N–H and O–H groups in total. The van der Waals surface area contributed by atoms with Gasteiger partial charge in [0.05, 0.1) is 24.0 Å². The van der Waals surface area contributed by atoms with Crippen LogP contribution in [0.1, 0.15) is 53.9 Å². The van der Waals surface area contributed by atoms with Gasteiger partial charge in [0.1, 0.15) is 11.9 Å². The number of halogens is 1. The van der Waals surface area contributed by atoms with Crippen molar-refractivity contribution in [1.29, 1.82) is 0 Å². The second-order valence-electron chi connectivity index (χ2n) is 10.5. The molecule has 1 aliphatic carbocycles. The van der Waals surface area contributed by atoms with Crippen molar-refractivity contribution >= 4 is 17.8 Å². The number of nitrogens with zero attached hydrogens (tertiary/aromatic N) is 4. The largest absolute Gasteiger partial charge is 0.481 e. The molecule has 1 aliphatic heterocycles. The molecule has 0 bridgehead atoms. The summed E-state index contributed by atoms with van der Waals surface area (Å²) in [6, 6.07) is 13.0. The second kappa shape index (κ2) is 12.4. The predicted octanol–water partition coefficient (Wildman–Crippen LogP) is 2.75. The first-order chi connectivity index (χ1) is 19.4. The minimum absolute atomic E-state index is 0.188. The average molecular weight is 549 g/mol. The molecule has 2 fully saturated rings. The van der Waals surface area contributed by atoms with Gasteiger partial charge in [-0.2, -0.15) is 0 Å². The van der Waals surface area contributed by atoms with Crippen LogP contribution >= 0.6 is 0 Å². The zero-order chi connectivity index (χ0) is 28.1. The summed E-state index contributed by atoms with van der Waals surface area (Å²) in [7, 11) is 0. The van der Waals surface area contributed by atoms with Crippen LogP contribution in [0.2, 0.25) is 0 Å². The number of carbonyl (C=O) groups is 3. The maximum absolute atomic E-state index is 13.5. The molecule has 11 heteroatoms. The molecule has 10 nitrogen and oxygen atoms in total. The van der Waals surface area contributed by atoms with E-state index in [0.717, 1.165) is 17.7 Å². The van der Waals surface area contributed by atoms with Crippen molar-refractivity contribution < 1.29 is 23.9 Å².